The zero-order chi connectivity index (χ0) is 17.9. The highest BCUT2D eigenvalue weighted by atomic mass is 33.1. The Kier molecular flexibility index (Phi) is 10.3. The van der Waals surface area contributed by atoms with Crippen LogP contribution in [0, 0.1) is 12.3 Å². The van der Waals surface area contributed by atoms with E-state index in [1.165, 1.54) is 21.6 Å². The lowest BCUT2D eigenvalue weighted by atomic mass is 10.2. The molecule has 0 aliphatic carbocycles. The number of hydrogen-bond donors (Lipinski definition) is 3. The SMILES string of the molecule is C#CCNC(=O)CCSSC[C@H](NC(=O)OC(C)(C)C)C(=O)O. The molecule has 9 heteroatoms. The number of aliphatic carboxylic acids is 1. The molecule has 0 aromatic heterocycles. The predicted molar refractivity (Wildman–Crippen MR) is 92.2 cm³/mol. The van der Waals surface area contributed by atoms with E-state index in [0.29, 0.717) is 5.75 Å². The molecule has 0 unspecified atom stereocenters. The molecule has 23 heavy (non-hydrogen) atoms. The summed E-state index contributed by atoms with van der Waals surface area (Å²) in [5.74, 6) is 1.67. The molecule has 2 amide bonds. The monoisotopic (exact) mass is 362 g/mol. The Bertz CT molecular complexity index is 457. The van der Waals surface area contributed by atoms with E-state index < -0.39 is 23.7 Å². The van der Waals surface area contributed by atoms with Crippen LogP contribution in [0.5, 0.6) is 0 Å². The van der Waals surface area contributed by atoms with Gasteiger partial charge in [0.25, 0.3) is 0 Å². The van der Waals surface area contributed by atoms with Gasteiger partial charge in [-0.3, -0.25) is 4.79 Å². The lowest BCUT2D eigenvalue weighted by Crippen LogP contribution is -2.44. The molecule has 0 saturated heterocycles. The lowest BCUT2D eigenvalue weighted by Gasteiger charge is -2.21. The van der Waals surface area contributed by atoms with Crippen LogP contribution >= 0.6 is 21.6 Å². The number of terminal acetylenes is 1. The third kappa shape index (κ3) is 12.7. The normalized spacial score (nSPS) is 11.9. The first-order valence-corrected chi connectivity index (χ1v) is 9.31. The van der Waals surface area contributed by atoms with Crippen LogP contribution in [0.15, 0.2) is 0 Å². The average Bonchev–Trinajstić information content (AvgIpc) is 2.41. The van der Waals surface area contributed by atoms with Crippen LogP contribution in [-0.4, -0.2) is 52.8 Å². The van der Waals surface area contributed by atoms with Crippen LogP contribution < -0.4 is 10.6 Å². The Balaban J connectivity index is 4.03. The number of carbonyl (C=O) groups is 3. The van der Waals surface area contributed by atoms with Crippen LogP contribution in [0.2, 0.25) is 0 Å². The summed E-state index contributed by atoms with van der Waals surface area (Å²) in [6.45, 7) is 5.27. The van der Waals surface area contributed by atoms with Gasteiger partial charge in [0.15, 0.2) is 0 Å². The van der Waals surface area contributed by atoms with E-state index in [1.807, 2.05) is 0 Å². The maximum absolute atomic E-state index is 11.6. The lowest BCUT2D eigenvalue weighted by molar-refractivity contribution is -0.138. The highest BCUT2D eigenvalue weighted by molar-refractivity contribution is 8.76. The molecule has 130 valence electrons. The number of amides is 2. The number of carboxylic acid groups (broad SMARTS) is 1. The van der Waals surface area contributed by atoms with Crippen molar-refractivity contribution in [1.82, 2.24) is 10.6 Å². The van der Waals surface area contributed by atoms with Crippen LogP contribution in [0.25, 0.3) is 0 Å². The summed E-state index contributed by atoms with van der Waals surface area (Å²) in [6, 6.07) is -1.06. The highest BCUT2D eigenvalue weighted by Gasteiger charge is 2.23. The van der Waals surface area contributed by atoms with Gasteiger partial charge in [-0.05, 0) is 20.8 Å². The second-order valence-electron chi connectivity index (χ2n) is 5.37. The Morgan fingerprint density at radius 1 is 1.30 bits per heavy atom. The second kappa shape index (κ2) is 11.1. The summed E-state index contributed by atoms with van der Waals surface area (Å²) in [7, 11) is 2.61. The molecular weight excluding hydrogens is 340 g/mol. The fraction of sp³-hybridized carbons (Fsp3) is 0.643. The Labute approximate surface area is 144 Å². The van der Waals surface area contributed by atoms with Gasteiger partial charge in [0, 0.05) is 17.9 Å². The molecule has 0 spiro atoms. The molecular formula is C14H22N2O5S2. The fourth-order valence-electron chi connectivity index (χ4n) is 1.17. The summed E-state index contributed by atoms with van der Waals surface area (Å²) in [6.07, 6.45) is 4.53. The number of carboxylic acids is 1. The van der Waals surface area contributed by atoms with Gasteiger partial charge in [0.2, 0.25) is 5.91 Å². The molecule has 1 atom stereocenters. The number of nitrogens with one attached hydrogen (secondary N) is 2. The van der Waals surface area contributed by atoms with Crippen molar-refractivity contribution in [3.63, 3.8) is 0 Å². The van der Waals surface area contributed by atoms with Crippen LogP contribution in [-0.2, 0) is 14.3 Å². The Hall–Kier alpha value is -1.53. The van der Waals surface area contributed by atoms with E-state index >= 15 is 0 Å². The first kappa shape index (κ1) is 21.5. The van der Waals surface area contributed by atoms with E-state index in [9.17, 15) is 14.4 Å². The topological polar surface area (TPSA) is 105 Å². The van der Waals surface area contributed by atoms with E-state index in [4.69, 9.17) is 16.3 Å². The maximum Gasteiger partial charge on any atom is 0.408 e. The van der Waals surface area contributed by atoms with Crippen molar-refractivity contribution in [3.05, 3.63) is 0 Å². The first-order chi connectivity index (χ1) is 10.7. The molecule has 0 fully saturated rings. The molecule has 3 N–H and O–H groups in total. The largest absolute Gasteiger partial charge is 0.480 e. The summed E-state index contributed by atoms with van der Waals surface area (Å²) in [4.78, 5) is 34.0. The Morgan fingerprint density at radius 2 is 1.96 bits per heavy atom. The molecule has 7 nitrogen and oxygen atoms in total. The summed E-state index contributed by atoms with van der Waals surface area (Å²) >= 11 is 0. The zero-order valence-electron chi connectivity index (χ0n) is 13.4. The summed E-state index contributed by atoms with van der Waals surface area (Å²) in [5, 5.41) is 13.9. The van der Waals surface area contributed by atoms with Crippen molar-refractivity contribution in [2.24, 2.45) is 0 Å². The first-order valence-electron chi connectivity index (χ1n) is 6.82. The number of rotatable bonds is 9. The molecule has 0 saturated carbocycles. The van der Waals surface area contributed by atoms with Gasteiger partial charge in [-0.15, -0.1) is 6.42 Å². The third-order valence-electron chi connectivity index (χ3n) is 2.11. The molecule has 0 rings (SSSR count). The number of ether oxygens (including phenoxy) is 1. The minimum absolute atomic E-state index is 0.155. The zero-order valence-corrected chi connectivity index (χ0v) is 15.0. The van der Waals surface area contributed by atoms with Gasteiger partial charge in [-0.1, -0.05) is 27.5 Å². The van der Waals surface area contributed by atoms with E-state index in [0.717, 1.165) is 0 Å². The highest BCUT2D eigenvalue weighted by Crippen LogP contribution is 2.23. The van der Waals surface area contributed by atoms with Crippen molar-refractivity contribution in [3.8, 4) is 12.3 Å². The summed E-state index contributed by atoms with van der Waals surface area (Å²) in [5.41, 5.74) is -0.694. The second-order valence-corrected chi connectivity index (χ2v) is 8.00. The van der Waals surface area contributed by atoms with Crippen LogP contribution in [0.4, 0.5) is 4.79 Å². The van der Waals surface area contributed by atoms with Crippen molar-refractivity contribution in [2.45, 2.75) is 38.8 Å². The standard InChI is InChI=1S/C14H22N2O5S2/c1-5-7-15-11(17)6-8-22-23-9-10(12(18)19)16-13(20)21-14(2,3)4/h1,10H,6-9H2,2-4H3,(H,15,17)(H,16,20)(H,18,19)/t10-/m0/s1. The van der Waals surface area contributed by atoms with Crippen molar-refractivity contribution < 1.29 is 24.2 Å². The van der Waals surface area contributed by atoms with Crippen molar-refractivity contribution in [2.75, 3.05) is 18.1 Å². The molecule has 0 aliphatic heterocycles. The van der Waals surface area contributed by atoms with E-state index in [2.05, 4.69) is 16.6 Å². The van der Waals surface area contributed by atoms with Crippen LogP contribution in [0.3, 0.4) is 0 Å². The fourth-order valence-corrected chi connectivity index (χ4v) is 3.32. The van der Waals surface area contributed by atoms with Gasteiger partial charge >= 0.3 is 12.1 Å². The van der Waals surface area contributed by atoms with Gasteiger partial charge < -0.3 is 20.5 Å². The molecule has 0 bridgehead atoms. The minimum Gasteiger partial charge on any atom is -0.480 e. The van der Waals surface area contributed by atoms with Crippen LogP contribution in [0.1, 0.15) is 27.2 Å². The van der Waals surface area contributed by atoms with Gasteiger partial charge in [0.05, 0.1) is 6.54 Å². The van der Waals surface area contributed by atoms with Gasteiger partial charge in [0.1, 0.15) is 11.6 Å². The van der Waals surface area contributed by atoms with Gasteiger partial charge in [-0.25, -0.2) is 9.59 Å². The third-order valence-corrected chi connectivity index (χ3v) is 4.52. The number of hydrogen-bond acceptors (Lipinski definition) is 6. The number of carbonyl (C=O) groups excluding carboxylic acids is 2. The molecule has 0 radical (unpaired) electrons. The minimum atomic E-state index is -1.14. The molecule has 0 aromatic carbocycles. The smallest absolute Gasteiger partial charge is 0.408 e. The van der Waals surface area contributed by atoms with Gasteiger partial charge in [-0.2, -0.15) is 0 Å². The summed E-state index contributed by atoms with van der Waals surface area (Å²) < 4.78 is 5.02. The molecule has 0 aliphatic rings. The quantitative estimate of drug-likeness (QED) is 0.324. The van der Waals surface area contributed by atoms with Crippen molar-refractivity contribution in [1.29, 1.82) is 0 Å². The maximum atomic E-state index is 11.6. The van der Waals surface area contributed by atoms with E-state index in [-0.39, 0.29) is 24.6 Å². The predicted octanol–water partition coefficient (Wildman–Crippen LogP) is 1.49. The number of alkyl carbamates (subject to hydrolysis) is 1. The van der Waals surface area contributed by atoms with Crippen molar-refractivity contribution >= 4 is 39.6 Å². The molecule has 0 heterocycles. The average molecular weight is 362 g/mol. The molecule has 0 aromatic rings. The van der Waals surface area contributed by atoms with E-state index in [1.54, 1.807) is 20.8 Å². The Morgan fingerprint density at radius 3 is 2.48 bits per heavy atom.